The van der Waals surface area contributed by atoms with E-state index in [1.807, 2.05) is 0 Å². The fourth-order valence-electron chi connectivity index (χ4n) is 2.99. The van der Waals surface area contributed by atoms with Crippen LogP contribution in [0.2, 0.25) is 0 Å². The highest BCUT2D eigenvalue weighted by Gasteiger charge is 2.60. The molecule has 2 aromatic heterocycles. The van der Waals surface area contributed by atoms with Crippen LogP contribution in [0.5, 0.6) is 0 Å². The van der Waals surface area contributed by atoms with Gasteiger partial charge in [-0.05, 0) is 18.9 Å². The maximum atomic E-state index is 12.1. The number of piperidine rings is 2. The van der Waals surface area contributed by atoms with E-state index in [-0.39, 0.29) is 11.8 Å². The van der Waals surface area contributed by atoms with Crippen LogP contribution in [-0.2, 0) is 15.1 Å². The normalized spacial score (nSPS) is 29.2. The molecule has 1 saturated carbocycles. The number of H-pyrrole nitrogens is 1. The number of aromatic nitrogens is 4. The van der Waals surface area contributed by atoms with E-state index in [9.17, 15) is 14.4 Å². The first kappa shape index (κ1) is 10.4. The summed E-state index contributed by atoms with van der Waals surface area (Å²) in [5.74, 6) is -0.897. The highest BCUT2D eigenvalue weighted by Crippen LogP contribution is 2.47. The monoisotopic (exact) mass is 259 g/mol. The van der Waals surface area contributed by atoms with Crippen molar-refractivity contribution in [3.05, 3.63) is 22.7 Å². The minimum absolute atomic E-state index is 0.203. The molecule has 1 aliphatic carbocycles. The number of aromatic amines is 1. The van der Waals surface area contributed by atoms with Crippen molar-refractivity contribution < 1.29 is 9.59 Å². The number of rotatable bonds is 1. The first-order valence-corrected chi connectivity index (χ1v) is 5.90. The molecule has 2 aromatic rings. The van der Waals surface area contributed by atoms with Gasteiger partial charge in [-0.2, -0.15) is 5.10 Å². The van der Waals surface area contributed by atoms with Crippen molar-refractivity contribution in [1.82, 2.24) is 25.1 Å². The molecule has 96 valence electrons. The van der Waals surface area contributed by atoms with Gasteiger partial charge in [0.05, 0.1) is 11.7 Å². The van der Waals surface area contributed by atoms with E-state index in [0.717, 1.165) is 0 Å². The zero-order valence-electron chi connectivity index (χ0n) is 9.71. The SMILES string of the molecule is O=C1NC(=O)C2(n3c(=O)[nH]c4ccnnc43)CC1C2. The van der Waals surface area contributed by atoms with Gasteiger partial charge in [-0.25, -0.2) is 4.79 Å². The van der Waals surface area contributed by atoms with Crippen molar-refractivity contribution in [1.29, 1.82) is 0 Å². The molecule has 2 amide bonds. The maximum Gasteiger partial charge on any atom is 0.328 e. The quantitative estimate of drug-likeness (QED) is 0.630. The second-order valence-electron chi connectivity index (χ2n) is 4.99. The van der Waals surface area contributed by atoms with Gasteiger partial charge in [-0.15, -0.1) is 5.10 Å². The zero-order valence-corrected chi connectivity index (χ0v) is 9.71. The van der Waals surface area contributed by atoms with E-state index in [1.165, 1.54) is 10.8 Å². The first-order chi connectivity index (χ1) is 9.12. The molecule has 8 heteroatoms. The lowest BCUT2D eigenvalue weighted by molar-refractivity contribution is -0.156. The van der Waals surface area contributed by atoms with Crippen molar-refractivity contribution in [2.75, 3.05) is 0 Å². The predicted octanol–water partition coefficient (Wildman–Crippen LogP) is -1.12. The summed E-state index contributed by atoms with van der Waals surface area (Å²) in [6.45, 7) is 0. The van der Waals surface area contributed by atoms with Gasteiger partial charge in [-0.1, -0.05) is 0 Å². The van der Waals surface area contributed by atoms with Crippen LogP contribution in [0.3, 0.4) is 0 Å². The Kier molecular flexibility index (Phi) is 1.69. The van der Waals surface area contributed by atoms with Crippen LogP contribution in [0.4, 0.5) is 0 Å². The molecule has 2 saturated heterocycles. The number of carbonyl (C=O) groups excluding carboxylic acids is 2. The van der Waals surface area contributed by atoms with Gasteiger partial charge < -0.3 is 4.98 Å². The topological polar surface area (TPSA) is 110 Å². The molecule has 5 rings (SSSR count). The average Bonchev–Trinajstić information content (AvgIpc) is 2.64. The Bertz CT molecular complexity index is 783. The Morgan fingerprint density at radius 3 is 2.84 bits per heavy atom. The van der Waals surface area contributed by atoms with E-state index in [2.05, 4.69) is 20.5 Å². The van der Waals surface area contributed by atoms with Crippen LogP contribution >= 0.6 is 0 Å². The van der Waals surface area contributed by atoms with Crippen LogP contribution < -0.4 is 11.0 Å². The van der Waals surface area contributed by atoms with E-state index in [1.54, 1.807) is 6.07 Å². The maximum absolute atomic E-state index is 12.1. The molecular formula is C11H9N5O3. The number of nitrogens with one attached hydrogen (secondary N) is 2. The second-order valence-corrected chi connectivity index (χ2v) is 4.99. The third-order valence-electron chi connectivity index (χ3n) is 3.98. The van der Waals surface area contributed by atoms with Gasteiger partial charge in [0.25, 0.3) is 5.91 Å². The largest absolute Gasteiger partial charge is 0.328 e. The number of hydrogen-bond donors (Lipinski definition) is 2. The second kappa shape index (κ2) is 3.08. The van der Waals surface area contributed by atoms with Gasteiger partial charge in [0, 0.05) is 5.92 Å². The lowest BCUT2D eigenvalue weighted by Crippen LogP contribution is -2.68. The molecule has 2 aliphatic heterocycles. The molecular weight excluding hydrogens is 250 g/mol. The number of amides is 2. The summed E-state index contributed by atoms with van der Waals surface area (Å²) in [4.78, 5) is 38.3. The Labute approximate surface area is 105 Å². The smallest absolute Gasteiger partial charge is 0.304 e. The highest BCUT2D eigenvalue weighted by atomic mass is 16.2. The molecule has 8 nitrogen and oxygen atoms in total. The molecule has 0 radical (unpaired) electrons. The van der Waals surface area contributed by atoms with Crippen molar-refractivity contribution in [2.24, 2.45) is 5.92 Å². The van der Waals surface area contributed by atoms with Crippen LogP contribution in [0.15, 0.2) is 17.1 Å². The number of carbonyl (C=O) groups is 2. The van der Waals surface area contributed by atoms with Crippen molar-refractivity contribution in [3.63, 3.8) is 0 Å². The summed E-state index contributed by atoms with van der Waals surface area (Å²) in [7, 11) is 0. The van der Waals surface area contributed by atoms with E-state index >= 15 is 0 Å². The lowest BCUT2D eigenvalue weighted by atomic mass is 9.64. The fraction of sp³-hybridized carbons (Fsp3) is 0.364. The minimum Gasteiger partial charge on any atom is -0.304 e. The van der Waals surface area contributed by atoms with E-state index in [4.69, 9.17) is 0 Å². The van der Waals surface area contributed by atoms with Crippen molar-refractivity contribution in [2.45, 2.75) is 18.4 Å². The Hall–Kier alpha value is -2.51. The molecule has 0 spiro atoms. The molecule has 0 atom stereocenters. The number of fused-ring (bicyclic) bond motifs is 3. The molecule has 2 bridgehead atoms. The summed E-state index contributed by atoms with van der Waals surface area (Å²) in [5.41, 5.74) is -0.527. The molecule has 3 fully saturated rings. The minimum atomic E-state index is -0.996. The summed E-state index contributed by atoms with van der Waals surface area (Å²) in [5, 5.41) is 9.96. The summed E-state index contributed by atoms with van der Waals surface area (Å²) in [6, 6.07) is 1.62. The van der Waals surface area contributed by atoms with Gasteiger partial charge >= 0.3 is 5.69 Å². The van der Waals surface area contributed by atoms with Crippen LogP contribution in [-0.4, -0.2) is 31.6 Å². The molecule has 19 heavy (non-hydrogen) atoms. The number of imidazole rings is 1. The average molecular weight is 259 g/mol. The lowest BCUT2D eigenvalue weighted by Gasteiger charge is -2.49. The summed E-state index contributed by atoms with van der Waals surface area (Å²) < 4.78 is 1.33. The molecule has 3 aliphatic rings. The number of nitrogens with zero attached hydrogens (tertiary/aromatic N) is 3. The third-order valence-corrected chi connectivity index (χ3v) is 3.98. The highest BCUT2D eigenvalue weighted by molar-refractivity contribution is 6.06. The first-order valence-electron chi connectivity index (χ1n) is 5.90. The fourth-order valence-corrected chi connectivity index (χ4v) is 2.99. The molecule has 0 aromatic carbocycles. The van der Waals surface area contributed by atoms with Gasteiger partial charge in [0.2, 0.25) is 5.91 Å². The Balaban J connectivity index is 1.97. The third kappa shape index (κ3) is 1.11. The van der Waals surface area contributed by atoms with Gasteiger partial charge in [0.1, 0.15) is 5.54 Å². The van der Waals surface area contributed by atoms with E-state index < -0.39 is 17.1 Å². The number of hydrogen-bond acceptors (Lipinski definition) is 5. The van der Waals surface area contributed by atoms with Crippen LogP contribution in [0, 0.1) is 5.92 Å². The van der Waals surface area contributed by atoms with Gasteiger partial charge in [-0.3, -0.25) is 19.5 Å². The van der Waals surface area contributed by atoms with Crippen LogP contribution in [0.25, 0.3) is 11.2 Å². The molecule has 4 heterocycles. The summed E-state index contributed by atoms with van der Waals surface area (Å²) >= 11 is 0. The molecule has 2 N–H and O–H groups in total. The van der Waals surface area contributed by atoms with E-state index in [0.29, 0.717) is 24.0 Å². The molecule has 0 unspecified atom stereocenters. The summed E-state index contributed by atoms with van der Waals surface area (Å²) in [6.07, 6.45) is 2.16. The van der Waals surface area contributed by atoms with Crippen molar-refractivity contribution in [3.8, 4) is 0 Å². The predicted molar refractivity (Wildman–Crippen MR) is 62.0 cm³/mol. The zero-order chi connectivity index (χ0) is 13.2. The standard InChI is InChI=1S/C11H9N5O3/c17-8-5-3-11(4-5,9(18)14-8)16-7-6(13-10(16)19)1-2-12-15-7/h1-2,5H,3-4H2,(H,13,19)(H,14,17,18). The van der Waals surface area contributed by atoms with Gasteiger partial charge in [0.15, 0.2) is 5.65 Å². The van der Waals surface area contributed by atoms with Crippen molar-refractivity contribution >= 4 is 23.0 Å². The number of imide groups is 1. The van der Waals surface area contributed by atoms with Crippen LogP contribution in [0.1, 0.15) is 12.8 Å². The Morgan fingerprint density at radius 2 is 2.11 bits per heavy atom. The Morgan fingerprint density at radius 1 is 1.32 bits per heavy atom.